The Labute approximate surface area is 117 Å². The van der Waals surface area contributed by atoms with Crippen molar-refractivity contribution in [2.45, 2.75) is 33.2 Å². The van der Waals surface area contributed by atoms with Gasteiger partial charge in [0.1, 0.15) is 0 Å². The van der Waals surface area contributed by atoms with Crippen LogP contribution in [0.5, 0.6) is 0 Å². The summed E-state index contributed by atoms with van der Waals surface area (Å²) in [6.45, 7) is 8.76. The van der Waals surface area contributed by atoms with Crippen molar-refractivity contribution in [2.75, 3.05) is 19.6 Å². The van der Waals surface area contributed by atoms with Crippen LogP contribution in [0.1, 0.15) is 29.5 Å². The van der Waals surface area contributed by atoms with Gasteiger partial charge in [-0.3, -0.25) is 4.90 Å². The van der Waals surface area contributed by atoms with Crippen LogP contribution in [0.25, 0.3) is 0 Å². The van der Waals surface area contributed by atoms with E-state index in [1.807, 2.05) is 0 Å². The van der Waals surface area contributed by atoms with Crippen LogP contribution >= 0.6 is 12.4 Å². The molecule has 0 aromatic heterocycles. The SMILES string of the molecule is Cc1cccc(C)c1CN1CCCC(CN)C1.Cl. The molecule has 1 saturated heterocycles. The van der Waals surface area contributed by atoms with Crippen LogP contribution in [0.4, 0.5) is 0 Å². The Hall–Kier alpha value is -0.570. The Morgan fingerprint density at radius 2 is 1.94 bits per heavy atom. The largest absolute Gasteiger partial charge is 0.330 e. The molecule has 0 aliphatic carbocycles. The Morgan fingerprint density at radius 1 is 1.28 bits per heavy atom. The van der Waals surface area contributed by atoms with Crippen molar-refractivity contribution in [1.29, 1.82) is 0 Å². The molecular formula is C15H25ClN2. The molecule has 1 aliphatic rings. The number of hydrogen-bond donors (Lipinski definition) is 1. The molecule has 3 heteroatoms. The van der Waals surface area contributed by atoms with E-state index in [2.05, 4.69) is 36.9 Å². The zero-order valence-corrected chi connectivity index (χ0v) is 12.3. The van der Waals surface area contributed by atoms with Crippen molar-refractivity contribution in [3.63, 3.8) is 0 Å². The summed E-state index contributed by atoms with van der Waals surface area (Å²) in [6, 6.07) is 6.58. The van der Waals surface area contributed by atoms with E-state index in [1.165, 1.54) is 42.6 Å². The van der Waals surface area contributed by atoms with E-state index in [-0.39, 0.29) is 12.4 Å². The predicted molar refractivity (Wildman–Crippen MR) is 80.2 cm³/mol. The normalized spacial score (nSPS) is 20.5. The number of piperidine rings is 1. The maximum absolute atomic E-state index is 5.79. The number of benzene rings is 1. The molecule has 1 aromatic rings. The van der Waals surface area contributed by atoms with E-state index in [1.54, 1.807) is 0 Å². The van der Waals surface area contributed by atoms with Gasteiger partial charge in [-0.2, -0.15) is 0 Å². The highest BCUT2D eigenvalue weighted by molar-refractivity contribution is 5.85. The number of nitrogens with two attached hydrogens (primary N) is 1. The second-order valence-corrected chi connectivity index (χ2v) is 5.35. The highest BCUT2D eigenvalue weighted by Gasteiger charge is 2.19. The molecule has 1 fully saturated rings. The minimum atomic E-state index is 0. The lowest BCUT2D eigenvalue weighted by Crippen LogP contribution is -2.38. The zero-order valence-electron chi connectivity index (χ0n) is 11.5. The van der Waals surface area contributed by atoms with Gasteiger partial charge in [0.15, 0.2) is 0 Å². The maximum Gasteiger partial charge on any atom is 0.0239 e. The number of aryl methyl sites for hydroxylation is 2. The van der Waals surface area contributed by atoms with E-state index >= 15 is 0 Å². The van der Waals surface area contributed by atoms with Gasteiger partial charge < -0.3 is 5.73 Å². The van der Waals surface area contributed by atoms with Crippen LogP contribution in [0.2, 0.25) is 0 Å². The fourth-order valence-corrected chi connectivity index (χ4v) is 2.81. The van der Waals surface area contributed by atoms with Gasteiger partial charge in [0.25, 0.3) is 0 Å². The molecule has 0 spiro atoms. The second kappa shape index (κ2) is 7.13. The molecular weight excluding hydrogens is 244 g/mol. The second-order valence-electron chi connectivity index (χ2n) is 5.35. The summed E-state index contributed by atoms with van der Waals surface area (Å²) in [5.41, 5.74) is 10.1. The Kier molecular flexibility index (Phi) is 6.13. The molecule has 2 rings (SSSR count). The van der Waals surface area contributed by atoms with E-state index < -0.39 is 0 Å². The number of hydrogen-bond acceptors (Lipinski definition) is 2. The topological polar surface area (TPSA) is 29.3 Å². The van der Waals surface area contributed by atoms with E-state index in [0.717, 1.165) is 13.1 Å². The van der Waals surface area contributed by atoms with Crippen molar-refractivity contribution in [2.24, 2.45) is 11.7 Å². The summed E-state index contributed by atoms with van der Waals surface area (Å²) in [5.74, 6) is 0.702. The molecule has 0 saturated carbocycles. The van der Waals surface area contributed by atoms with Gasteiger partial charge in [-0.1, -0.05) is 18.2 Å². The third kappa shape index (κ3) is 3.71. The lowest BCUT2D eigenvalue weighted by atomic mass is 9.96. The molecule has 0 radical (unpaired) electrons. The first kappa shape index (κ1) is 15.5. The van der Waals surface area contributed by atoms with E-state index in [9.17, 15) is 0 Å². The smallest absolute Gasteiger partial charge is 0.0239 e. The van der Waals surface area contributed by atoms with Crippen LogP contribution < -0.4 is 5.73 Å². The van der Waals surface area contributed by atoms with Crippen LogP contribution in [0.3, 0.4) is 0 Å². The quantitative estimate of drug-likeness (QED) is 0.913. The van der Waals surface area contributed by atoms with Crippen molar-refractivity contribution in [1.82, 2.24) is 4.90 Å². The Bertz CT molecular complexity index is 359. The number of likely N-dealkylation sites (tertiary alicyclic amines) is 1. The van der Waals surface area contributed by atoms with Gasteiger partial charge in [-0.25, -0.2) is 0 Å². The molecule has 1 aliphatic heterocycles. The minimum absolute atomic E-state index is 0. The Morgan fingerprint density at radius 3 is 2.56 bits per heavy atom. The molecule has 2 N–H and O–H groups in total. The van der Waals surface area contributed by atoms with Gasteiger partial charge >= 0.3 is 0 Å². The van der Waals surface area contributed by atoms with Crippen molar-refractivity contribution in [3.8, 4) is 0 Å². The molecule has 1 atom stereocenters. The van der Waals surface area contributed by atoms with E-state index in [0.29, 0.717) is 5.92 Å². The average Bonchev–Trinajstić information content (AvgIpc) is 2.34. The fraction of sp³-hybridized carbons (Fsp3) is 0.600. The minimum Gasteiger partial charge on any atom is -0.330 e. The predicted octanol–water partition coefficient (Wildman–Crippen LogP) is 2.90. The van der Waals surface area contributed by atoms with Crippen LogP contribution in [0, 0.1) is 19.8 Å². The summed E-state index contributed by atoms with van der Waals surface area (Å²) >= 11 is 0. The number of rotatable bonds is 3. The fourth-order valence-electron chi connectivity index (χ4n) is 2.81. The lowest BCUT2D eigenvalue weighted by molar-refractivity contribution is 0.170. The highest BCUT2D eigenvalue weighted by atomic mass is 35.5. The summed E-state index contributed by atoms with van der Waals surface area (Å²) < 4.78 is 0. The first-order valence-corrected chi connectivity index (χ1v) is 6.68. The number of halogens is 1. The molecule has 1 unspecified atom stereocenters. The highest BCUT2D eigenvalue weighted by Crippen LogP contribution is 2.21. The molecule has 102 valence electrons. The van der Waals surface area contributed by atoms with Gasteiger partial charge in [0, 0.05) is 13.1 Å². The lowest BCUT2D eigenvalue weighted by Gasteiger charge is -2.32. The number of nitrogens with zero attached hydrogens (tertiary/aromatic N) is 1. The molecule has 0 amide bonds. The molecule has 1 aromatic carbocycles. The van der Waals surface area contributed by atoms with Crippen molar-refractivity contribution < 1.29 is 0 Å². The van der Waals surface area contributed by atoms with Crippen LogP contribution in [0.15, 0.2) is 18.2 Å². The summed E-state index contributed by atoms with van der Waals surface area (Å²) in [5, 5.41) is 0. The summed E-state index contributed by atoms with van der Waals surface area (Å²) in [6.07, 6.45) is 2.60. The van der Waals surface area contributed by atoms with Crippen LogP contribution in [-0.2, 0) is 6.54 Å². The first-order valence-electron chi connectivity index (χ1n) is 6.68. The standard InChI is InChI=1S/C15H24N2.ClH/c1-12-5-3-6-13(2)15(12)11-17-8-4-7-14(9-16)10-17;/h3,5-6,14H,4,7-11,16H2,1-2H3;1H. The summed E-state index contributed by atoms with van der Waals surface area (Å²) in [4.78, 5) is 2.57. The average molecular weight is 269 g/mol. The zero-order chi connectivity index (χ0) is 12.3. The molecule has 0 bridgehead atoms. The Balaban J connectivity index is 0.00000162. The van der Waals surface area contributed by atoms with Crippen molar-refractivity contribution >= 4 is 12.4 Å². The van der Waals surface area contributed by atoms with Crippen LogP contribution in [-0.4, -0.2) is 24.5 Å². The molecule has 18 heavy (non-hydrogen) atoms. The van der Waals surface area contributed by atoms with Gasteiger partial charge in [0.05, 0.1) is 0 Å². The third-order valence-corrected chi connectivity index (χ3v) is 3.96. The van der Waals surface area contributed by atoms with E-state index in [4.69, 9.17) is 5.73 Å². The molecule has 1 heterocycles. The van der Waals surface area contributed by atoms with Gasteiger partial charge in [0.2, 0.25) is 0 Å². The first-order chi connectivity index (χ1) is 8.20. The van der Waals surface area contributed by atoms with Gasteiger partial charge in [-0.15, -0.1) is 12.4 Å². The van der Waals surface area contributed by atoms with Gasteiger partial charge in [-0.05, 0) is 62.4 Å². The maximum atomic E-state index is 5.79. The molecule has 2 nitrogen and oxygen atoms in total. The van der Waals surface area contributed by atoms with Crippen molar-refractivity contribution in [3.05, 3.63) is 34.9 Å². The third-order valence-electron chi connectivity index (χ3n) is 3.96. The summed E-state index contributed by atoms with van der Waals surface area (Å²) in [7, 11) is 0. The monoisotopic (exact) mass is 268 g/mol.